The molecule has 0 aromatic carbocycles. The highest BCUT2D eigenvalue weighted by molar-refractivity contribution is 6.17. The van der Waals surface area contributed by atoms with Crippen LogP contribution in [0.2, 0.25) is 0 Å². The Morgan fingerprint density at radius 1 is 1.47 bits per heavy atom. The second-order valence-electron chi connectivity index (χ2n) is 4.72. The number of carbonyl (C=O) groups is 1. The minimum absolute atomic E-state index is 0.259. The number of halogens is 1. The van der Waals surface area contributed by atoms with Gasteiger partial charge in [-0.25, -0.2) is 0 Å². The van der Waals surface area contributed by atoms with Crippen LogP contribution in [-0.2, 0) is 4.79 Å². The van der Waals surface area contributed by atoms with Gasteiger partial charge in [-0.2, -0.15) is 0 Å². The molecule has 2 unspecified atom stereocenters. The van der Waals surface area contributed by atoms with Gasteiger partial charge in [-0.3, -0.25) is 4.79 Å². The zero-order valence-electron chi connectivity index (χ0n) is 9.84. The smallest absolute Gasteiger partial charge is 0.222 e. The van der Waals surface area contributed by atoms with Crippen molar-refractivity contribution in [3.05, 3.63) is 0 Å². The Bertz CT molecular complexity index is 208. The number of alkyl halides is 1. The molecule has 0 saturated heterocycles. The van der Waals surface area contributed by atoms with Gasteiger partial charge >= 0.3 is 0 Å². The molecular formula is C12H22ClNO. The molecule has 0 spiro atoms. The van der Waals surface area contributed by atoms with Gasteiger partial charge in [0.25, 0.3) is 0 Å². The molecule has 1 saturated carbocycles. The molecule has 1 aliphatic carbocycles. The predicted molar refractivity (Wildman–Crippen MR) is 64.1 cm³/mol. The van der Waals surface area contributed by atoms with Crippen LogP contribution in [0.15, 0.2) is 0 Å². The van der Waals surface area contributed by atoms with Crippen LogP contribution in [0.3, 0.4) is 0 Å². The van der Waals surface area contributed by atoms with E-state index in [2.05, 4.69) is 6.92 Å². The van der Waals surface area contributed by atoms with Crippen LogP contribution in [0.1, 0.15) is 45.4 Å². The van der Waals surface area contributed by atoms with Crippen LogP contribution in [0, 0.1) is 5.92 Å². The van der Waals surface area contributed by atoms with Gasteiger partial charge in [0.2, 0.25) is 5.91 Å². The lowest BCUT2D eigenvalue weighted by molar-refractivity contribution is -0.132. The van der Waals surface area contributed by atoms with Crippen molar-refractivity contribution in [1.29, 1.82) is 0 Å². The molecule has 1 rings (SSSR count). The van der Waals surface area contributed by atoms with Gasteiger partial charge in [-0.1, -0.05) is 19.8 Å². The van der Waals surface area contributed by atoms with E-state index >= 15 is 0 Å². The third kappa shape index (κ3) is 4.02. The standard InChI is InChI=1S/C12H22ClNO/c1-10-5-3-6-11(9-10)14(2)12(15)7-4-8-13/h10-11H,3-9H2,1-2H3. The van der Waals surface area contributed by atoms with E-state index in [-0.39, 0.29) is 5.91 Å². The van der Waals surface area contributed by atoms with E-state index in [1.165, 1.54) is 25.7 Å². The fourth-order valence-corrected chi connectivity index (χ4v) is 2.49. The molecule has 1 aliphatic rings. The lowest BCUT2D eigenvalue weighted by Gasteiger charge is -2.34. The van der Waals surface area contributed by atoms with Crippen molar-refractivity contribution >= 4 is 17.5 Å². The van der Waals surface area contributed by atoms with Crippen LogP contribution >= 0.6 is 11.6 Å². The Morgan fingerprint density at radius 2 is 2.20 bits per heavy atom. The molecule has 0 aromatic heterocycles. The molecular weight excluding hydrogens is 210 g/mol. The maximum absolute atomic E-state index is 11.8. The highest BCUT2D eigenvalue weighted by atomic mass is 35.5. The molecule has 0 radical (unpaired) electrons. The van der Waals surface area contributed by atoms with Gasteiger partial charge in [0.15, 0.2) is 0 Å². The third-order valence-corrected chi connectivity index (χ3v) is 3.64. The number of hydrogen-bond acceptors (Lipinski definition) is 1. The van der Waals surface area contributed by atoms with E-state index in [4.69, 9.17) is 11.6 Å². The maximum Gasteiger partial charge on any atom is 0.222 e. The molecule has 0 N–H and O–H groups in total. The van der Waals surface area contributed by atoms with Crippen LogP contribution in [0.4, 0.5) is 0 Å². The quantitative estimate of drug-likeness (QED) is 0.681. The largest absolute Gasteiger partial charge is 0.343 e. The highest BCUT2D eigenvalue weighted by Crippen LogP contribution is 2.26. The first-order chi connectivity index (χ1) is 7.15. The second kappa shape index (κ2) is 6.37. The molecule has 2 nitrogen and oxygen atoms in total. The third-order valence-electron chi connectivity index (χ3n) is 3.37. The van der Waals surface area contributed by atoms with Crippen LogP contribution in [-0.4, -0.2) is 29.8 Å². The van der Waals surface area contributed by atoms with E-state index in [9.17, 15) is 4.79 Å². The van der Waals surface area contributed by atoms with E-state index in [1.54, 1.807) is 0 Å². The Kier molecular flexibility index (Phi) is 5.44. The normalized spacial score (nSPS) is 26.3. The Hall–Kier alpha value is -0.240. The van der Waals surface area contributed by atoms with Crippen molar-refractivity contribution in [2.75, 3.05) is 12.9 Å². The molecule has 1 amide bonds. The average molecular weight is 232 g/mol. The molecule has 2 atom stereocenters. The summed E-state index contributed by atoms with van der Waals surface area (Å²) in [6.45, 7) is 2.28. The average Bonchev–Trinajstić information content (AvgIpc) is 2.24. The second-order valence-corrected chi connectivity index (χ2v) is 5.10. The minimum atomic E-state index is 0.259. The van der Waals surface area contributed by atoms with Crippen molar-refractivity contribution in [2.24, 2.45) is 5.92 Å². The number of hydrogen-bond donors (Lipinski definition) is 0. The molecule has 15 heavy (non-hydrogen) atoms. The number of carbonyl (C=O) groups excluding carboxylic acids is 1. The summed E-state index contributed by atoms with van der Waals surface area (Å²) in [5, 5.41) is 0. The number of nitrogens with zero attached hydrogens (tertiary/aromatic N) is 1. The van der Waals surface area contributed by atoms with E-state index in [1.807, 2.05) is 11.9 Å². The van der Waals surface area contributed by atoms with Gasteiger partial charge in [0.05, 0.1) is 0 Å². The Labute approximate surface area is 98.0 Å². The lowest BCUT2D eigenvalue weighted by Crippen LogP contribution is -2.39. The van der Waals surface area contributed by atoms with Crippen molar-refractivity contribution < 1.29 is 4.79 Å². The van der Waals surface area contributed by atoms with E-state index in [0.717, 1.165) is 12.3 Å². The summed E-state index contributed by atoms with van der Waals surface area (Å²) < 4.78 is 0. The predicted octanol–water partition coefficient (Wildman–Crippen LogP) is 3.04. The molecule has 0 bridgehead atoms. The lowest BCUT2D eigenvalue weighted by atomic mass is 9.86. The Balaban J connectivity index is 2.37. The summed E-state index contributed by atoms with van der Waals surface area (Å²) in [6.07, 6.45) is 6.33. The first-order valence-corrected chi connectivity index (χ1v) is 6.50. The van der Waals surface area contributed by atoms with Crippen molar-refractivity contribution in [2.45, 2.75) is 51.5 Å². The van der Waals surface area contributed by atoms with E-state index in [0.29, 0.717) is 18.3 Å². The fourth-order valence-electron chi connectivity index (χ4n) is 2.35. The number of amides is 1. The summed E-state index contributed by atoms with van der Waals surface area (Å²) in [5.41, 5.74) is 0. The molecule has 3 heteroatoms. The summed E-state index contributed by atoms with van der Waals surface area (Å²) in [4.78, 5) is 13.7. The molecule has 0 aromatic rings. The minimum Gasteiger partial charge on any atom is -0.343 e. The van der Waals surface area contributed by atoms with Crippen LogP contribution in [0.5, 0.6) is 0 Å². The highest BCUT2D eigenvalue weighted by Gasteiger charge is 2.24. The maximum atomic E-state index is 11.8. The summed E-state index contributed by atoms with van der Waals surface area (Å²) in [6, 6.07) is 0.469. The first-order valence-electron chi connectivity index (χ1n) is 5.96. The summed E-state index contributed by atoms with van der Waals surface area (Å²) >= 11 is 5.59. The molecule has 0 aliphatic heterocycles. The van der Waals surface area contributed by atoms with Crippen molar-refractivity contribution in [3.63, 3.8) is 0 Å². The van der Waals surface area contributed by atoms with E-state index < -0.39 is 0 Å². The molecule has 1 fully saturated rings. The zero-order valence-corrected chi connectivity index (χ0v) is 10.6. The van der Waals surface area contributed by atoms with Gasteiger partial charge in [0.1, 0.15) is 0 Å². The summed E-state index contributed by atoms with van der Waals surface area (Å²) in [5.74, 6) is 1.61. The van der Waals surface area contributed by atoms with Gasteiger partial charge in [-0.05, 0) is 25.2 Å². The van der Waals surface area contributed by atoms with Gasteiger partial charge in [0, 0.05) is 25.4 Å². The van der Waals surface area contributed by atoms with Gasteiger partial charge < -0.3 is 4.90 Å². The molecule has 0 heterocycles. The molecule has 88 valence electrons. The summed E-state index contributed by atoms with van der Waals surface area (Å²) in [7, 11) is 1.94. The SMILES string of the molecule is CC1CCCC(N(C)C(=O)CCCCl)C1. The van der Waals surface area contributed by atoms with Gasteiger partial charge in [-0.15, -0.1) is 11.6 Å². The number of rotatable bonds is 4. The van der Waals surface area contributed by atoms with Crippen molar-refractivity contribution in [3.8, 4) is 0 Å². The monoisotopic (exact) mass is 231 g/mol. The van der Waals surface area contributed by atoms with Crippen LogP contribution in [0.25, 0.3) is 0 Å². The Morgan fingerprint density at radius 3 is 2.80 bits per heavy atom. The topological polar surface area (TPSA) is 20.3 Å². The first kappa shape index (κ1) is 12.8. The van der Waals surface area contributed by atoms with Crippen LogP contribution < -0.4 is 0 Å². The fraction of sp³-hybridized carbons (Fsp3) is 0.917. The zero-order chi connectivity index (χ0) is 11.3. The van der Waals surface area contributed by atoms with Crippen molar-refractivity contribution in [1.82, 2.24) is 4.90 Å².